The Hall–Kier alpha value is -2.48. The fourth-order valence-electron chi connectivity index (χ4n) is 2.93. The summed E-state index contributed by atoms with van der Waals surface area (Å²) in [6, 6.07) is 5.33. The molecule has 1 aliphatic rings. The molecule has 1 amide bonds. The first-order chi connectivity index (χ1) is 12.1. The molecule has 25 heavy (non-hydrogen) atoms. The van der Waals surface area contributed by atoms with Crippen LogP contribution >= 0.6 is 11.8 Å². The molecule has 0 aliphatic carbocycles. The fraction of sp³-hybridized carbons (Fsp3) is 0.353. The molecule has 2 aromatic rings. The second kappa shape index (κ2) is 7.18. The highest BCUT2D eigenvalue weighted by Crippen LogP contribution is 2.40. The van der Waals surface area contributed by atoms with Crippen molar-refractivity contribution in [1.82, 2.24) is 9.97 Å². The number of aromatic nitrogens is 2. The largest absolute Gasteiger partial charge is 0.497 e. The first-order valence-corrected chi connectivity index (χ1v) is 8.84. The molecule has 0 radical (unpaired) electrons. The highest BCUT2D eigenvalue weighted by atomic mass is 32.2. The molecule has 132 valence electrons. The van der Waals surface area contributed by atoms with E-state index in [1.807, 2.05) is 6.92 Å². The van der Waals surface area contributed by atoms with Gasteiger partial charge >= 0.3 is 0 Å². The summed E-state index contributed by atoms with van der Waals surface area (Å²) in [5.74, 6) is 1.66. The lowest BCUT2D eigenvalue weighted by atomic mass is 9.86. The second-order valence-electron chi connectivity index (χ2n) is 5.48. The van der Waals surface area contributed by atoms with E-state index >= 15 is 0 Å². The van der Waals surface area contributed by atoms with Crippen LogP contribution < -0.4 is 20.3 Å². The number of nitrogens with zero attached hydrogens (tertiary/aromatic N) is 1. The third-order valence-electron chi connectivity index (χ3n) is 4.02. The Bertz CT molecular complexity index is 865. The molecule has 0 saturated carbocycles. The van der Waals surface area contributed by atoms with Gasteiger partial charge in [0.15, 0.2) is 5.16 Å². The van der Waals surface area contributed by atoms with Crippen molar-refractivity contribution < 1.29 is 14.3 Å². The number of aromatic amines is 1. The van der Waals surface area contributed by atoms with Gasteiger partial charge in [-0.3, -0.25) is 9.59 Å². The molecule has 1 aromatic heterocycles. The minimum Gasteiger partial charge on any atom is -0.497 e. The average molecular weight is 361 g/mol. The fourth-order valence-corrected chi connectivity index (χ4v) is 3.53. The summed E-state index contributed by atoms with van der Waals surface area (Å²) in [4.78, 5) is 32.1. The van der Waals surface area contributed by atoms with Crippen molar-refractivity contribution in [3.05, 3.63) is 39.7 Å². The van der Waals surface area contributed by atoms with Gasteiger partial charge < -0.3 is 19.8 Å². The van der Waals surface area contributed by atoms with Crippen LogP contribution in [0.4, 0.5) is 5.82 Å². The highest BCUT2D eigenvalue weighted by molar-refractivity contribution is 7.99. The summed E-state index contributed by atoms with van der Waals surface area (Å²) in [5.41, 5.74) is 0.906. The van der Waals surface area contributed by atoms with Crippen molar-refractivity contribution >= 4 is 23.5 Å². The Balaban J connectivity index is 2.17. The summed E-state index contributed by atoms with van der Waals surface area (Å²) >= 11 is 1.41. The van der Waals surface area contributed by atoms with Gasteiger partial charge in [0.2, 0.25) is 5.91 Å². The number of thioether (sulfide) groups is 1. The van der Waals surface area contributed by atoms with Crippen LogP contribution in [0.5, 0.6) is 11.5 Å². The number of benzene rings is 1. The molecule has 8 heteroatoms. The number of rotatable bonds is 5. The van der Waals surface area contributed by atoms with Gasteiger partial charge in [0.1, 0.15) is 17.3 Å². The second-order valence-corrected chi connectivity index (χ2v) is 6.73. The van der Waals surface area contributed by atoms with Gasteiger partial charge in [0.25, 0.3) is 5.56 Å². The zero-order valence-electron chi connectivity index (χ0n) is 14.2. The van der Waals surface area contributed by atoms with Crippen LogP contribution in [-0.2, 0) is 4.79 Å². The molecular weight excluding hydrogens is 342 g/mol. The van der Waals surface area contributed by atoms with E-state index in [1.54, 1.807) is 32.4 Å². The molecule has 0 bridgehead atoms. The van der Waals surface area contributed by atoms with E-state index in [9.17, 15) is 9.59 Å². The predicted molar refractivity (Wildman–Crippen MR) is 95.9 cm³/mol. The average Bonchev–Trinajstić information content (AvgIpc) is 2.60. The number of nitrogens with one attached hydrogen (secondary N) is 2. The first-order valence-electron chi connectivity index (χ1n) is 7.86. The lowest BCUT2D eigenvalue weighted by Crippen LogP contribution is -2.31. The number of amides is 1. The monoisotopic (exact) mass is 361 g/mol. The van der Waals surface area contributed by atoms with Crippen LogP contribution in [0.3, 0.4) is 0 Å². The van der Waals surface area contributed by atoms with Gasteiger partial charge in [-0.2, -0.15) is 0 Å². The molecule has 3 rings (SSSR count). The van der Waals surface area contributed by atoms with E-state index < -0.39 is 5.92 Å². The number of carbonyl (C=O) groups excluding carboxylic acids is 1. The third kappa shape index (κ3) is 3.34. The number of hydrogen-bond acceptors (Lipinski definition) is 6. The molecule has 2 N–H and O–H groups in total. The molecule has 1 aliphatic heterocycles. The molecular formula is C17H19N3O4S. The van der Waals surface area contributed by atoms with Crippen LogP contribution in [0.2, 0.25) is 0 Å². The smallest absolute Gasteiger partial charge is 0.257 e. The van der Waals surface area contributed by atoms with Crippen LogP contribution in [0, 0.1) is 0 Å². The first kappa shape index (κ1) is 17.3. The molecule has 1 atom stereocenters. The van der Waals surface area contributed by atoms with Crippen LogP contribution in [0.1, 0.15) is 30.4 Å². The Morgan fingerprint density at radius 1 is 1.28 bits per heavy atom. The van der Waals surface area contributed by atoms with Crippen molar-refractivity contribution in [2.45, 2.75) is 24.4 Å². The third-order valence-corrected chi connectivity index (χ3v) is 4.78. The zero-order valence-corrected chi connectivity index (χ0v) is 15.0. The van der Waals surface area contributed by atoms with Crippen molar-refractivity contribution in [2.24, 2.45) is 0 Å². The molecule has 0 saturated heterocycles. The minimum absolute atomic E-state index is 0.140. The van der Waals surface area contributed by atoms with Gasteiger partial charge in [-0.05, 0) is 24.0 Å². The predicted octanol–water partition coefficient (Wildman–Crippen LogP) is 2.37. The van der Waals surface area contributed by atoms with E-state index in [0.29, 0.717) is 28.0 Å². The van der Waals surface area contributed by atoms with Gasteiger partial charge in [0, 0.05) is 17.9 Å². The van der Waals surface area contributed by atoms with Gasteiger partial charge in [-0.25, -0.2) is 4.98 Å². The van der Waals surface area contributed by atoms with E-state index in [2.05, 4.69) is 15.3 Å². The number of fused-ring (bicyclic) bond motifs is 1. The summed E-state index contributed by atoms with van der Waals surface area (Å²) < 4.78 is 10.7. The number of methoxy groups -OCH3 is 2. The number of H-pyrrole nitrogens is 1. The Labute approximate surface area is 149 Å². The van der Waals surface area contributed by atoms with E-state index in [0.717, 1.165) is 11.3 Å². The summed E-state index contributed by atoms with van der Waals surface area (Å²) in [7, 11) is 3.12. The maximum atomic E-state index is 12.7. The van der Waals surface area contributed by atoms with Crippen LogP contribution in [-0.4, -0.2) is 35.8 Å². The quantitative estimate of drug-likeness (QED) is 0.627. The molecule has 1 aromatic carbocycles. The Kier molecular flexibility index (Phi) is 4.98. The maximum Gasteiger partial charge on any atom is 0.257 e. The van der Waals surface area contributed by atoms with E-state index in [4.69, 9.17) is 9.47 Å². The van der Waals surface area contributed by atoms with Crippen LogP contribution in [0.15, 0.2) is 28.2 Å². The van der Waals surface area contributed by atoms with Crippen molar-refractivity contribution in [2.75, 3.05) is 25.3 Å². The van der Waals surface area contributed by atoms with Crippen LogP contribution in [0.25, 0.3) is 0 Å². The number of anilines is 1. The summed E-state index contributed by atoms with van der Waals surface area (Å²) in [6.07, 6.45) is 0.140. The molecule has 7 nitrogen and oxygen atoms in total. The number of ether oxygens (including phenoxy) is 2. The normalized spacial score (nSPS) is 16.1. The number of carbonyl (C=O) groups is 1. The molecule has 0 fully saturated rings. The lowest BCUT2D eigenvalue weighted by molar-refractivity contribution is -0.116. The van der Waals surface area contributed by atoms with Crippen molar-refractivity contribution in [1.29, 1.82) is 0 Å². The summed E-state index contributed by atoms with van der Waals surface area (Å²) in [5, 5.41) is 3.20. The van der Waals surface area contributed by atoms with Crippen molar-refractivity contribution in [3.8, 4) is 11.5 Å². The van der Waals surface area contributed by atoms with Crippen molar-refractivity contribution in [3.63, 3.8) is 0 Å². The van der Waals surface area contributed by atoms with Gasteiger partial charge in [-0.15, -0.1) is 0 Å². The number of hydrogen-bond donors (Lipinski definition) is 2. The van der Waals surface area contributed by atoms with Gasteiger partial charge in [-0.1, -0.05) is 18.7 Å². The highest BCUT2D eigenvalue weighted by Gasteiger charge is 2.33. The molecule has 0 spiro atoms. The topological polar surface area (TPSA) is 93.3 Å². The van der Waals surface area contributed by atoms with E-state index in [1.165, 1.54) is 11.8 Å². The molecule has 0 unspecified atom stereocenters. The molecule has 2 heterocycles. The van der Waals surface area contributed by atoms with E-state index in [-0.39, 0.29) is 17.9 Å². The Morgan fingerprint density at radius 2 is 2.08 bits per heavy atom. The Morgan fingerprint density at radius 3 is 2.76 bits per heavy atom. The lowest BCUT2D eigenvalue weighted by Gasteiger charge is -2.26. The van der Waals surface area contributed by atoms with Gasteiger partial charge in [0.05, 0.1) is 19.8 Å². The summed E-state index contributed by atoms with van der Waals surface area (Å²) in [6.45, 7) is 1.96. The zero-order chi connectivity index (χ0) is 18.0. The SMILES string of the molecule is CCSc1nc2c(c(=O)[nH]1)[C@H](c1cc(OC)ccc1OC)CC(=O)N2. The standard InChI is InChI=1S/C17H19N3O4S/c1-4-25-17-19-15-14(16(22)20-17)11(8-13(21)18-15)10-7-9(23-2)5-6-12(10)24-3/h5-7,11H,4,8H2,1-3H3,(H2,18,19,20,21,22)/t11-/m0/s1. The minimum atomic E-state index is -0.453. The maximum absolute atomic E-state index is 12.7.